The van der Waals surface area contributed by atoms with Crippen LogP contribution in [0.2, 0.25) is 0 Å². The van der Waals surface area contributed by atoms with Gasteiger partial charge in [-0.05, 0) is 59.2 Å². The molecule has 1 atom stereocenters. The number of hydrogen-bond donors (Lipinski definition) is 1. The fourth-order valence-electron chi connectivity index (χ4n) is 5.18. The average Bonchev–Trinajstić information content (AvgIpc) is 3.34. The van der Waals surface area contributed by atoms with E-state index in [9.17, 15) is 8.42 Å². The molecule has 2 aliphatic heterocycles. The largest absolute Gasteiger partial charge is 0.364 e. The van der Waals surface area contributed by atoms with Crippen LogP contribution in [0.3, 0.4) is 0 Å². The van der Waals surface area contributed by atoms with E-state index in [1.54, 1.807) is 28.6 Å². The molecule has 2 aromatic heterocycles. The highest BCUT2D eigenvalue weighted by Gasteiger charge is 2.30. The summed E-state index contributed by atoms with van der Waals surface area (Å²) in [5, 5.41) is 3.69. The SMILES string of the molecule is CC(C)N1CCCC(Nc2nc(N3CCN(S(=O)(=O)c4ccccc4)CC3)nc3c2ncn3C(C)C)C1. The highest BCUT2D eigenvalue weighted by atomic mass is 32.2. The normalized spacial score (nSPS) is 20.3. The van der Waals surface area contributed by atoms with Gasteiger partial charge in [0, 0.05) is 50.8 Å². The molecule has 0 bridgehead atoms. The zero-order valence-corrected chi connectivity index (χ0v) is 23.0. The number of nitrogens with one attached hydrogen (secondary N) is 1. The molecule has 0 spiro atoms. The van der Waals surface area contributed by atoms with Crippen LogP contribution in [-0.2, 0) is 10.0 Å². The number of hydrogen-bond acceptors (Lipinski definition) is 8. The second-order valence-electron chi connectivity index (χ2n) is 10.6. The molecule has 37 heavy (non-hydrogen) atoms. The monoisotopic (exact) mass is 526 g/mol. The highest BCUT2D eigenvalue weighted by molar-refractivity contribution is 7.89. The molecule has 200 valence electrons. The van der Waals surface area contributed by atoms with Gasteiger partial charge in [0.15, 0.2) is 17.0 Å². The summed E-state index contributed by atoms with van der Waals surface area (Å²) in [6.45, 7) is 12.6. The Labute approximate surface area is 219 Å². The van der Waals surface area contributed by atoms with Gasteiger partial charge in [0.1, 0.15) is 0 Å². The maximum Gasteiger partial charge on any atom is 0.243 e. The third kappa shape index (κ3) is 5.30. The predicted octanol–water partition coefficient (Wildman–Crippen LogP) is 3.20. The molecule has 10 nitrogen and oxygen atoms in total. The van der Waals surface area contributed by atoms with E-state index in [0.717, 1.165) is 42.9 Å². The molecule has 1 unspecified atom stereocenters. The average molecular weight is 527 g/mol. The first-order valence-electron chi connectivity index (χ1n) is 13.3. The second kappa shape index (κ2) is 10.5. The van der Waals surface area contributed by atoms with E-state index in [1.807, 2.05) is 12.4 Å². The number of rotatable bonds is 7. The van der Waals surface area contributed by atoms with Crippen LogP contribution in [-0.4, -0.2) is 88.5 Å². The van der Waals surface area contributed by atoms with Crippen LogP contribution < -0.4 is 10.2 Å². The maximum absolute atomic E-state index is 13.1. The maximum atomic E-state index is 13.1. The van der Waals surface area contributed by atoms with Crippen molar-refractivity contribution in [1.29, 1.82) is 0 Å². The molecule has 1 aromatic carbocycles. The third-order valence-corrected chi connectivity index (χ3v) is 9.31. The molecule has 0 amide bonds. The first-order chi connectivity index (χ1) is 17.7. The van der Waals surface area contributed by atoms with Crippen LogP contribution in [0.15, 0.2) is 41.6 Å². The van der Waals surface area contributed by atoms with E-state index in [0.29, 0.717) is 49.1 Å². The van der Waals surface area contributed by atoms with Gasteiger partial charge in [0.25, 0.3) is 0 Å². The predicted molar refractivity (Wildman–Crippen MR) is 146 cm³/mol. The standard InChI is InChI=1S/C26H38N8O2S/c1-19(2)32-12-8-9-21(17-32)28-24-23-25(34(18-27-23)20(3)4)30-26(29-24)31-13-15-33(16-14-31)37(35,36)22-10-6-5-7-11-22/h5-7,10-11,18-21H,8-9,12-17H2,1-4H3,(H,28,29,30). The number of benzene rings is 1. The van der Waals surface area contributed by atoms with E-state index >= 15 is 0 Å². The summed E-state index contributed by atoms with van der Waals surface area (Å²) < 4.78 is 29.8. The molecular weight excluding hydrogens is 488 g/mol. The van der Waals surface area contributed by atoms with Crippen molar-refractivity contribution in [2.45, 2.75) is 63.6 Å². The zero-order chi connectivity index (χ0) is 26.2. The van der Waals surface area contributed by atoms with E-state index in [1.165, 1.54) is 0 Å². The Morgan fingerprint density at radius 2 is 1.68 bits per heavy atom. The number of piperazine rings is 1. The molecule has 0 aliphatic carbocycles. The minimum absolute atomic E-state index is 0.208. The first kappa shape index (κ1) is 25.9. The van der Waals surface area contributed by atoms with Gasteiger partial charge < -0.3 is 14.8 Å². The molecule has 4 heterocycles. The smallest absolute Gasteiger partial charge is 0.243 e. The van der Waals surface area contributed by atoms with Crippen LogP contribution in [0.1, 0.15) is 46.6 Å². The molecule has 5 rings (SSSR count). The van der Waals surface area contributed by atoms with Crippen molar-refractivity contribution in [3.8, 4) is 0 Å². The summed E-state index contributed by atoms with van der Waals surface area (Å²) in [5.41, 5.74) is 1.59. The van der Waals surface area contributed by atoms with Gasteiger partial charge in [0.2, 0.25) is 16.0 Å². The lowest BCUT2D eigenvalue weighted by atomic mass is 10.0. The van der Waals surface area contributed by atoms with Crippen molar-refractivity contribution in [3.05, 3.63) is 36.7 Å². The van der Waals surface area contributed by atoms with Crippen molar-refractivity contribution in [2.75, 3.05) is 49.5 Å². The highest BCUT2D eigenvalue weighted by Crippen LogP contribution is 2.28. The number of anilines is 2. The summed E-state index contributed by atoms with van der Waals surface area (Å²) in [6, 6.07) is 9.64. The summed E-state index contributed by atoms with van der Waals surface area (Å²) >= 11 is 0. The molecule has 1 N–H and O–H groups in total. The quantitative estimate of drug-likeness (QED) is 0.501. The lowest BCUT2D eigenvalue weighted by Gasteiger charge is -2.36. The molecule has 11 heteroatoms. The number of aromatic nitrogens is 4. The van der Waals surface area contributed by atoms with Gasteiger partial charge >= 0.3 is 0 Å². The molecule has 0 saturated carbocycles. The van der Waals surface area contributed by atoms with Crippen molar-refractivity contribution in [2.24, 2.45) is 0 Å². The Morgan fingerprint density at radius 1 is 0.946 bits per heavy atom. The zero-order valence-electron chi connectivity index (χ0n) is 22.2. The fourth-order valence-corrected chi connectivity index (χ4v) is 6.62. The summed E-state index contributed by atoms with van der Waals surface area (Å²) in [4.78, 5) is 19.5. The lowest BCUT2D eigenvalue weighted by molar-refractivity contribution is 0.175. The third-order valence-electron chi connectivity index (χ3n) is 7.39. The number of fused-ring (bicyclic) bond motifs is 1. The first-order valence-corrected chi connectivity index (χ1v) is 14.7. The number of imidazole rings is 1. The van der Waals surface area contributed by atoms with Gasteiger partial charge in [-0.2, -0.15) is 14.3 Å². The Hall–Kier alpha value is -2.76. The van der Waals surface area contributed by atoms with Gasteiger partial charge in [-0.15, -0.1) is 0 Å². The summed E-state index contributed by atoms with van der Waals surface area (Å²) in [7, 11) is -3.52. The van der Waals surface area contributed by atoms with Crippen LogP contribution in [0.5, 0.6) is 0 Å². The van der Waals surface area contributed by atoms with E-state index in [4.69, 9.17) is 9.97 Å². The molecule has 3 aromatic rings. The number of sulfonamides is 1. The van der Waals surface area contributed by atoms with E-state index < -0.39 is 10.0 Å². The molecular formula is C26H38N8O2S. The number of nitrogens with zero attached hydrogens (tertiary/aromatic N) is 7. The van der Waals surface area contributed by atoms with Crippen LogP contribution in [0, 0.1) is 0 Å². The van der Waals surface area contributed by atoms with Gasteiger partial charge in [-0.1, -0.05) is 18.2 Å². The second-order valence-corrected chi connectivity index (χ2v) is 12.5. The van der Waals surface area contributed by atoms with Crippen molar-refractivity contribution in [3.63, 3.8) is 0 Å². The minimum Gasteiger partial charge on any atom is -0.364 e. The Morgan fingerprint density at radius 3 is 2.35 bits per heavy atom. The Bertz CT molecular complexity index is 1320. The minimum atomic E-state index is -3.52. The fraction of sp³-hybridized carbons (Fsp3) is 0.577. The molecule has 2 aliphatic rings. The Balaban J connectivity index is 1.40. The topological polar surface area (TPSA) is 99.5 Å². The van der Waals surface area contributed by atoms with Crippen molar-refractivity contribution < 1.29 is 8.42 Å². The van der Waals surface area contributed by atoms with Gasteiger partial charge in [0.05, 0.1) is 11.2 Å². The molecule has 2 saturated heterocycles. The summed E-state index contributed by atoms with van der Waals surface area (Å²) in [5.74, 6) is 1.38. The van der Waals surface area contributed by atoms with Crippen LogP contribution >= 0.6 is 0 Å². The summed E-state index contributed by atoms with van der Waals surface area (Å²) in [6.07, 6.45) is 4.07. The van der Waals surface area contributed by atoms with Gasteiger partial charge in [-0.25, -0.2) is 13.4 Å². The van der Waals surface area contributed by atoms with E-state index in [-0.39, 0.29) is 6.04 Å². The van der Waals surface area contributed by atoms with Crippen LogP contribution in [0.25, 0.3) is 11.2 Å². The number of likely N-dealkylation sites (tertiary alicyclic amines) is 1. The number of piperidine rings is 1. The van der Waals surface area contributed by atoms with Crippen molar-refractivity contribution >= 4 is 33.0 Å². The van der Waals surface area contributed by atoms with Gasteiger partial charge in [-0.3, -0.25) is 4.90 Å². The lowest BCUT2D eigenvalue weighted by Crippen LogP contribution is -2.49. The van der Waals surface area contributed by atoms with Crippen LogP contribution in [0.4, 0.5) is 11.8 Å². The van der Waals surface area contributed by atoms with Crippen molar-refractivity contribution in [1.82, 2.24) is 28.7 Å². The molecule has 0 radical (unpaired) electrons. The Kier molecular flexibility index (Phi) is 7.37. The molecule has 2 fully saturated rings. The van der Waals surface area contributed by atoms with E-state index in [2.05, 4.69) is 52.4 Å².